The molecule has 0 aliphatic carbocycles. The zero-order chi connectivity index (χ0) is 27.9. The minimum atomic E-state index is -0.651. The van der Waals surface area contributed by atoms with E-state index in [1.54, 1.807) is 0 Å². The van der Waals surface area contributed by atoms with Crippen LogP contribution in [0.1, 0.15) is 62.4 Å². The first kappa shape index (κ1) is 27.7. The predicted octanol–water partition coefficient (Wildman–Crippen LogP) is 2.87. The second-order valence-electron chi connectivity index (χ2n) is 12.0. The number of benzene rings is 1. The molecular formula is C28H38ClN5O5. The van der Waals surface area contributed by atoms with Gasteiger partial charge in [0.25, 0.3) is 5.91 Å². The van der Waals surface area contributed by atoms with Crippen molar-refractivity contribution in [2.24, 2.45) is 5.92 Å². The summed E-state index contributed by atoms with van der Waals surface area (Å²) in [6, 6.07) is 3.08. The fourth-order valence-corrected chi connectivity index (χ4v) is 6.34. The number of fused-ring (bicyclic) bond motifs is 1. The molecule has 1 aromatic carbocycles. The zero-order valence-corrected chi connectivity index (χ0v) is 23.8. The number of nitrogens with zero attached hydrogens (tertiary/aromatic N) is 4. The van der Waals surface area contributed by atoms with Crippen molar-refractivity contribution in [3.05, 3.63) is 28.3 Å². The van der Waals surface area contributed by atoms with Gasteiger partial charge in [-0.25, -0.2) is 4.79 Å². The fourth-order valence-electron chi connectivity index (χ4n) is 6.00. The molecule has 0 radical (unpaired) electrons. The van der Waals surface area contributed by atoms with Gasteiger partial charge in [0.2, 0.25) is 11.8 Å². The topological polar surface area (TPSA) is 102 Å². The number of hydrogen-bond donors (Lipinski definition) is 1. The molecule has 1 unspecified atom stereocenters. The molecule has 0 spiro atoms. The molecule has 0 saturated carbocycles. The van der Waals surface area contributed by atoms with Crippen molar-refractivity contribution in [2.45, 2.75) is 64.6 Å². The number of hydrogen-bond acceptors (Lipinski definition) is 7. The highest BCUT2D eigenvalue weighted by atomic mass is 35.5. The Kier molecular flexibility index (Phi) is 7.79. The Morgan fingerprint density at radius 1 is 1.03 bits per heavy atom. The highest BCUT2D eigenvalue weighted by Crippen LogP contribution is 2.38. The first-order chi connectivity index (χ1) is 18.5. The second-order valence-corrected chi connectivity index (χ2v) is 12.4. The maximum atomic E-state index is 13.1. The lowest BCUT2D eigenvalue weighted by Crippen LogP contribution is -2.52. The van der Waals surface area contributed by atoms with Crippen molar-refractivity contribution < 1.29 is 23.9 Å². The minimum Gasteiger partial charge on any atom is -0.444 e. The Bertz CT molecular complexity index is 1150. The highest BCUT2D eigenvalue weighted by molar-refractivity contribution is 6.35. The van der Waals surface area contributed by atoms with Crippen LogP contribution in [0, 0.1) is 5.92 Å². The number of ether oxygens (including phenoxy) is 1. The van der Waals surface area contributed by atoms with Gasteiger partial charge in [0.05, 0.1) is 10.7 Å². The van der Waals surface area contributed by atoms with E-state index in [0.717, 1.165) is 69.9 Å². The number of piperazine rings is 1. The van der Waals surface area contributed by atoms with Crippen LogP contribution in [-0.2, 0) is 20.9 Å². The molecule has 0 bridgehead atoms. The number of piperidine rings is 2. The van der Waals surface area contributed by atoms with Crippen LogP contribution >= 0.6 is 11.6 Å². The summed E-state index contributed by atoms with van der Waals surface area (Å²) in [5.74, 6) is -0.375. The van der Waals surface area contributed by atoms with Crippen molar-refractivity contribution in [3.8, 4) is 0 Å². The maximum Gasteiger partial charge on any atom is 0.410 e. The average molecular weight is 560 g/mol. The third-order valence-corrected chi connectivity index (χ3v) is 8.55. The molecule has 1 atom stereocenters. The number of halogens is 1. The van der Waals surface area contributed by atoms with Crippen LogP contribution in [-0.4, -0.2) is 96.0 Å². The van der Waals surface area contributed by atoms with Crippen molar-refractivity contribution in [1.29, 1.82) is 0 Å². The highest BCUT2D eigenvalue weighted by Gasteiger charge is 2.40. The maximum absolute atomic E-state index is 13.1. The standard InChI is InChI=1S/C28H38ClN5O5/c1-28(2,3)39-27(38)33-10-8-18(9-11-33)16-31-12-14-32(15-13-31)21-5-4-19-20(24(21)29)17-34(26(19)37)22-6-7-23(35)30-25(22)36/h4-5,18,22H,6-17H2,1-3H3,(H,30,35,36). The van der Waals surface area contributed by atoms with Gasteiger partial charge in [0.1, 0.15) is 11.6 Å². The smallest absolute Gasteiger partial charge is 0.410 e. The number of carbonyl (C=O) groups excluding carboxylic acids is 4. The van der Waals surface area contributed by atoms with Crippen LogP contribution in [0.15, 0.2) is 12.1 Å². The van der Waals surface area contributed by atoms with Gasteiger partial charge >= 0.3 is 6.09 Å². The third kappa shape index (κ3) is 6.01. The molecule has 4 amide bonds. The van der Waals surface area contributed by atoms with Crippen LogP contribution in [0.25, 0.3) is 0 Å². The average Bonchev–Trinajstić information content (AvgIpc) is 3.21. The van der Waals surface area contributed by atoms with Gasteiger partial charge in [0, 0.05) is 69.9 Å². The molecule has 1 aromatic rings. The summed E-state index contributed by atoms with van der Waals surface area (Å²) in [7, 11) is 0. The van der Waals surface area contributed by atoms with Crippen LogP contribution in [0.4, 0.5) is 10.5 Å². The van der Waals surface area contributed by atoms with Crippen LogP contribution in [0.3, 0.4) is 0 Å². The molecule has 4 aliphatic heterocycles. The monoisotopic (exact) mass is 559 g/mol. The van der Waals surface area contributed by atoms with Gasteiger partial charge in [-0.15, -0.1) is 0 Å². The molecule has 4 heterocycles. The molecule has 3 saturated heterocycles. The molecule has 0 aromatic heterocycles. The van der Waals surface area contributed by atoms with Crippen LogP contribution < -0.4 is 10.2 Å². The Morgan fingerprint density at radius 2 is 1.72 bits per heavy atom. The lowest BCUT2D eigenvalue weighted by molar-refractivity contribution is -0.136. The Morgan fingerprint density at radius 3 is 2.36 bits per heavy atom. The molecule has 39 heavy (non-hydrogen) atoms. The number of nitrogens with one attached hydrogen (secondary N) is 1. The zero-order valence-electron chi connectivity index (χ0n) is 23.0. The van der Waals surface area contributed by atoms with E-state index >= 15 is 0 Å². The van der Waals surface area contributed by atoms with E-state index in [-0.39, 0.29) is 30.9 Å². The van der Waals surface area contributed by atoms with Gasteiger partial charge in [0.15, 0.2) is 0 Å². The summed E-state index contributed by atoms with van der Waals surface area (Å²) in [5, 5.41) is 2.91. The van der Waals surface area contributed by atoms with Crippen molar-refractivity contribution in [3.63, 3.8) is 0 Å². The number of carbonyl (C=O) groups is 4. The van der Waals surface area contributed by atoms with E-state index in [1.807, 2.05) is 37.8 Å². The Balaban J connectivity index is 1.13. The third-order valence-electron chi connectivity index (χ3n) is 8.12. The van der Waals surface area contributed by atoms with E-state index in [0.29, 0.717) is 22.9 Å². The number of anilines is 1. The van der Waals surface area contributed by atoms with E-state index in [4.69, 9.17) is 16.3 Å². The van der Waals surface area contributed by atoms with Gasteiger partial charge in [-0.2, -0.15) is 0 Å². The van der Waals surface area contributed by atoms with Gasteiger partial charge in [-0.05, 0) is 58.1 Å². The summed E-state index contributed by atoms with van der Waals surface area (Å²) < 4.78 is 5.51. The quantitative estimate of drug-likeness (QED) is 0.566. The largest absolute Gasteiger partial charge is 0.444 e. The van der Waals surface area contributed by atoms with Crippen molar-refractivity contribution in [1.82, 2.24) is 20.0 Å². The minimum absolute atomic E-state index is 0.213. The molecule has 10 nitrogen and oxygen atoms in total. The van der Waals surface area contributed by atoms with E-state index in [1.165, 1.54) is 4.90 Å². The van der Waals surface area contributed by atoms with Gasteiger partial charge < -0.3 is 19.4 Å². The summed E-state index contributed by atoms with van der Waals surface area (Å²) in [5.41, 5.74) is 1.73. The number of amides is 4. The Hall–Kier alpha value is -2.85. The molecule has 11 heteroatoms. The summed E-state index contributed by atoms with van der Waals surface area (Å²) >= 11 is 6.86. The molecule has 3 fully saturated rings. The molecule has 5 rings (SSSR count). The van der Waals surface area contributed by atoms with Crippen LogP contribution in [0.2, 0.25) is 5.02 Å². The predicted molar refractivity (Wildman–Crippen MR) is 147 cm³/mol. The van der Waals surface area contributed by atoms with Gasteiger partial charge in [-0.1, -0.05) is 11.6 Å². The van der Waals surface area contributed by atoms with E-state index in [2.05, 4.69) is 15.1 Å². The summed E-state index contributed by atoms with van der Waals surface area (Å²) in [4.78, 5) is 57.4. The van der Waals surface area contributed by atoms with Crippen molar-refractivity contribution >= 4 is 41.1 Å². The first-order valence-electron chi connectivity index (χ1n) is 13.9. The first-order valence-corrected chi connectivity index (χ1v) is 14.3. The number of rotatable bonds is 4. The molecule has 4 aliphatic rings. The van der Waals surface area contributed by atoms with E-state index < -0.39 is 17.6 Å². The second kappa shape index (κ2) is 11.0. The molecule has 212 valence electrons. The SMILES string of the molecule is CC(C)(C)OC(=O)N1CCC(CN2CCN(c3ccc4c(c3Cl)CN(C3CCC(=O)NC3=O)C4=O)CC2)CC1. The summed E-state index contributed by atoms with van der Waals surface area (Å²) in [6.07, 6.45) is 2.30. The van der Waals surface area contributed by atoms with Crippen molar-refractivity contribution in [2.75, 3.05) is 50.7 Å². The number of imide groups is 1. The lowest BCUT2D eigenvalue weighted by atomic mass is 9.96. The van der Waals surface area contributed by atoms with E-state index in [9.17, 15) is 19.2 Å². The van der Waals surface area contributed by atoms with Crippen LogP contribution in [0.5, 0.6) is 0 Å². The molecule has 1 N–H and O–H groups in total. The summed E-state index contributed by atoms with van der Waals surface area (Å²) in [6.45, 7) is 11.9. The lowest BCUT2D eigenvalue weighted by Gasteiger charge is -2.40. The van der Waals surface area contributed by atoms with Gasteiger partial charge in [-0.3, -0.25) is 24.6 Å². The number of likely N-dealkylation sites (tertiary alicyclic amines) is 1. The fraction of sp³-hybridized carbons (Fsp3) is 0.643. The Labute approximate surface area is 234 Å². The molecular weight excluding hydrogens is 522 g/mol. The normalized spacial score (nSPS) is 23.2.